The molecule has 1 aliphatic rings. The highest BCUT2D eigenvalue weighted by Gasteiger charge is 2.39. The van der Waals surface area contributed by atoms with Crippen LogP contribution in [0.25, 0.3) is 0 Å². The number of hydrogen-bond donors (Lipinski definition) is 1. The van der Waals surface area contributed by atoms with E-state index in [0.717, 1.165) is 0 Å². The van der Waals surface area contributed by atoms with Crippen LogP contribution in [0.2, 0.25) is 0 Å². The van der Waals surface area contributed by atoms with Gasteiger partial charge < -0.3 is 10.5 Å². The van der Waals surface area contributed by atoms with Gasteiger partial charge in [-0.3, -0.25) is 0 Å². The van der Waals surface area contributed by atoms with Crippen LogP contribution < -0.4 is 5.73 Å². The minimum absolute atomic E-state index is 0.136. The fraction of sp³-hybridized carbons (Fsp3) is 1.00. The Hall–Kier alpha value is -0.220. The standard InChI is InChI=1S/C7H13F2NO/c1-5-4-7(10,6(8)9)2-3-11-5/h5-6H,2-4,10H2,1H3. The van der Waals surface area contributed by atoms with E-state index in [4.69, 9.17) is 10.5 Å². The summed E-state index contributed by atoms with van der Waals surface area (Å²) in [6.45, 7) is 2.12. The van der Waals surface area contributed by atoms with E-state index < -0.39 is 12.0 Å². The summed E-state index contributed by atoms with van der Waals surface area (Å²) in [6.07, 6.45) is -2.06. The Bertz CT molecular complexity index is 142. The Kier molecular flexibility index (Phi) is 2.44. The zero-order valence-corrected chi connectivity index (χ0v) is 6.52. The molecule has 0 aromatic heterocycles. The highest BCUT2D eigenvalue weighted by molar-refractivity contribution is 4.91. The first kappa shape index (κ1) is 8.87. The summed E-state index contributed by atoms with van der Waals surface area (Å²) in [5.41, 5.74) is 4.15. The fourth-order valence-electron chi connectivity index (χ4n) is 1.34. The van der Waals surface area contributed by atoms with E-state index in [9.17, 15) is 8.78 Å². The van der Waals surface area contributed by atoms with Crippen LogP contribution in [0, 0.1) is 0 Å². The van der Waals surface area contributed by atoms with Gasteiger partial charge in [0.2, 0.25) is 0 Å². The van der Waals surface area contributed by atoms with E-state index in [1.54, 1.807) is 6.92 Å². The topological polar surface area (TPSA) is 35.2 Å². The van der Waals surface area contributed by atoms with Crippen molar-refractivity contribution in [2.45, 2.75) is 37.8 Å². The maximum Gasteiger partial charge on any atom is 0.256 e. The highest BCUT2D eigenvalue weighted by atomic mass is 19.3. The molecule has 0 bridgehead atoms. The van der Waals surface area contributed by atoms with Crippen LogP contribution in [0.1, 0.15) is 19.8 Å². The number of alkyl halides is 2. The second-order valence-corrected chi connectivity index (χ2v) is 3.17. The summed E-state index contributed by atoms with van der Waals surface area (Å²) in [6, 6.07) is 0. The Morgan fingerprint density at radius 2 is 2.27 bits per heavy atom. The molecule has 0 amide bonds. The fourth-order valence-corrected chi connectivity index (χ4v) is 1.34. The predicted molar refractivity (Wildman–Crippen MR) is 37.6 cm³/mol. The molecule has 0 spiro atoms. The van der Waals surface area contributed by atoms with E-state index in [2.05, 4.69) is 0 Å². The molecule has 1 fully saturated rings. The molecule has 2 unspecified atom stereocenters. The molecule has 11 heavy (non-hydrogen) atoms. The maximum atomic E-state index is 12.3. The van der Waals surface area contributed by atoms with Gasteiger partial charge in [-0.1, -0.05) is 0 Å². The molecule has 0 radical (unpaired) electrons. The Labute approximate surface area is 64.7 Å². The van der Waals surface area contributed by atoms with Gasteiger partial charge in [-0.25, -0.2) is 8.78 Å². The monoisotopic (exact) mass is 165 g/mol. The van der Waals surface area contributed by atoms with Gasteiger partial charge in [-0.2, -0.15) is 0 Å². The van der Waals surface area contributed by atoms with Crippen molar-refractivity contribution in [1.82, 2.24) is 0 Å². The zero-order chi connectivity index (χ0) is 8.48. The lowest BCUT2D eigenvalue weighted by Crippen LogP contribution is -2.53. The molecular weight excluding hydrogens is 152 g/mol. The normalized spacial score (nSPS) is 39.5. The maximum absolute atomic E-state index is 12.3. The highest BCUT2D eigenvalue weighted by Crippen LogP contribution is 2.27. The second-order valence-electron chi connectivity index (χ2n) is 3.17. The first-order chi connectivity index (χ1) is 5.04. The van der Waals surface area contributed by atoms with Crippen molar-refractivity contribution >= 4 is 0 Å². The third-order valence-corrected chi connectivity index (χ3v) is 2.07. The molecule has 2 atom stereocenters. The van der Waals surface area contributed by atoms with Gasteiger partial charge in [0.15, 0.2) is 0 Å². The molecule has 0 saturated carbocycles. The Balaban J connectivity index is 2.55. The van der Waals surface area contributed by atoms with Crippen LogP contribution in [-0.4, -0.2) is 24.7 Å². The van der Waals surface area contributed by atoms with Crippen LogP contribution in [0.3, 0.4) is 0 Å². The average molecular weight is 165 g/mol. The Morgan fingerprint density at radius 1 is 1.64 bits per heavy atom. The average Bonchev–Trinajstić information content (AvgIpc) is 1.86. The predicted octanol–water partition coefficient (Wildman–Crippen LogP) is 1.15. The number of rotatable bonds is 1. The number of ether oxygens (including phenoxy) is 1. The second kappa shape index (κ2) is 3.03. The number of nitrogens with two attached hydrogens (primary N) is 1. The SMILES string of the molecule is CC1CC(N)(C(F)F)CCO1. The van der Waals surface area contributed by atoms with Crippen molar-refractivity contribution < 1.29 is 13.5 Å². The van der Waals surface area contributed by atoms with Crippen LogP contribution in [0.4, 0.5) is 8.78 Å². The number of hydrogen-bond acceptors (Lipinski definition) is 2. The molecule has 2 nitrogen and oxygen atoms in total. The summed E-state index contributed by atoms with van der Waals surface area (Å²) >= 11 is 0. The van der Waals surface area contributed by atoms with Crippen molar-refractivity contribution in [3.05, 3.63) is 0 Å². The van der Waals surface area contributed by atoms with Gasteiger partial charge in [0, 0.05) is 6.61 Å². The molecule has 0 aliphatic carbocycles. The molecule has 0 aromatic rings. The van der Waals surface area contributed by atoms with Crippen LogP contribution in [-0.2, 0) is 4.74 Å². The van der Waals surface area contributed by atoms with Gasteiger partial charge in [-0.15, -0.1) is 0 Å². The summed E-state index contributed by atoms with van der Waals surface area (Å²) in [7, 11) is 0. The van der Waals surface area contributed by atoms with Crippen LogP contribution in [0.15, 0.2) is 0 Å². The van der Waals surface area contributed by atoms with Gasteiger partial charge in [-0.05, 0) is 19.8 Å². The lowest BCUT2D eigenvalue weighted by atomic mass is 9.89. The summed E-state index contributed by atoms with van der Waals surface area (Å²) in [4.78, 5) is 0. The minimum atomic E-state index is -2.44. The van der Waals surface area contributed by atoms with Gasteiger partial charge in [0.1, 0.15) is 0 Å². The molecule has 2 N–H and O–H groups in total. The summed E-state index contributed by atoms with van der Waals surface area (Å²) in [5, 5.41) is 0. The quantitative estimate of drug-likeness (QED) is 0.632. The molecule has 1 aliphatic heterocycles. The van der Waals surface area contributed by atoms with E-state index in [-0.39, 0.29) is 18.9 Å². The smallest absolute Gasteiger partial charge is 0.256 e. The first-order valence-electron chi connectivity index (χ1n) is 3.73. The Morgan fingerprint density at radius 3 is 2.64 bits per heavy atom. The van der Waals surface area contributed by atoms with Gasteiger partial charge >= 0.3 is 0 Å². The molecule has 0 aromatic carbocycles. The van der Waals surface area contributed by atoms with Crippen molar-refractivity contribution in [3.8, 4) is 0 Å². The largest absolute Gasteiger partial charge is 0.378 e. The summed E-state index contributed by atoms with van der Waals surface area (Å²) in [5.74, 6) is 0. The van der Waals surface area contributed by atoms with Crippen molar-refractivity contribution in [2.24, 2.45) is 5.73 Å². The lowest BCUT2D eigenvalue weighted by molar-refractivity contribution is -0.0617. The van der Waals surface area contributed by atoms with Crippen molar-refractivity contribution in [3.63, 3.8) is 0 Å². The van der Waals surface area contributed by atoms with E-state index in [1.165, 1.54) is 0 Å². The molecule has 1 saturated heterocycles. The summed E-state index contributed by atoms with van der Waals surface area (Å²) < 4.78 is 29.7. The van der Waals surface area contributed by atoms with Crippen LogP contribution >= 0.6 is 0 Å². The van der Waals surface area contributed by atoms with E-state index in [0.29, 0.717) is 6.61 Å². The third kappa shape index (κ3) is 1.87. The molecule has 66 valence electrons. The van der Waals surface area contributed by atoms with Crippen LogP contribution in [0.5, 0.6) is 0 Å². The zero-order valence-electron chi connectivity index (χ0n) is 6.52. The number of halogens is 2. The van der Waals surface area contributed by atoms with Crippen molar-refractivity contribution in [1.29, 1.82) is 0 Å². The van der Waals surface area contributed by atoms with E-state index in [1.807, 2.05) is 0 Å². The lowest BCUT2D eigenvalue weighted by Gasteiger charge is -2.35. The molecule has 4 heteroatoms. The van der Waals surface area contributed by atoms with E-state index >= 15 is 0 Å². The molecule has 1 heterocycles. The molecule has 1 rings (SSSR count). The molecular formula is C7H13F2NO. The van der Waals surface area contributed by atoms with Crippen molar-refractivity contribution in [2.75, 3.05) is 6.61 Å². The van der Waals surface area contributed by atoms with Gasteiger partial charge in [0.25, 0.3) is 6.43 Å². The third-order valence-electron chi connectivity index (χ3n) is 2.07. The van der Waals surface area contributed by atoms with Gasteiger partial charge in [0.05, 0.1) is 11.6 Å². The minimum Gasteiger partial charge on any atom is -0.378 e. The first-order valence-corrected chi connectivity index (χ1v) is 3.73.